The highest BCUT2D eigenvalue weighted by Gasteiger charge is 2.78. The molecule has 3 saturated heterocycles. The van der Waals surface area contributed by atoms with E-state index in [1.165, 1.54) is 4.90 Å². The van der Waals surface area contributed by atoms with E-state index in [1.54, 1.807) is 31.4 Å². The van der Waals surface area contributed by atoms with Crippen molar-refractivity contribution in [2.24, 2.45) is 11.8 Å². The first kappa shape index (κ1) is 26.2. The summed E-state index contributed by atoms with van der Waals surface area (Å²) in [7, 11) is 1.56. The lowest BCUT2D eigenvalue weighted by Gasteiger charge is -2.37. The zero-order valence-corrected chi connectivity index (χ0v) is 22.0. The van der Waals surface area contributed by atoms with E-state index in [2.05, 4.69) is 10.6 Å². The van der Waals surface area contributed by atoms with Crippen LogP contribution in [0.1, 0.15) is 44.7 Å². The van der Waals surface area contributed by atoms with Crippen LogP contribution < -0.4 is 15.4 Å². The number of methoxy groups -OCH3 is 1. The minimum atomic E-state index is -1.18. The first-order chi connectivity index (χ1) is 18.3. The van der Waals surface area contributed by atoms with Crippen molar-refractivity contribution in [1.82, 2.24) is 10.2 Å². The smallest absolute Gasteiger partial charge is 0.250 e. The van der Waals surface area contributed by atoms with Gasteiger partial charge in [-0.1, -0.05) is 37.3 Å². The summed E-state index contributed by atoms with van der Waals surface area (Å²) < 4.78 is 11.9. The molecule has 0 aliphatic carbocycles. The van der Waals surface area contributed by atoms with Crippen molar-refractivity contribution in [3.8, 4) is 5.75 Å². The number of hydrogen-bond acceptors (Lipinski definition) is 6. The fourth-order valence-corrected chi connectivity index (χ4v) is 6.67. The van der Waals surface area contributed by atoms with Crippen molar-refractivity contribution in [2.75, 3.05) is 25.6 Å². The third-order valence-electron chi connectivity index (χ3n) is 8.35. The molecule has 3 aliphatic rings. The van der Waals surface area contributed by atoms with Gasteiger partial charge in [0.05, 0.1) is 37.2 Å². The highest BCUT2D eigenvalue weighted by atomic mass is 16.5. The van der Waals surface area contributed by atoms with Crippen LogP contribution in [0.25, 0.3) is 0 Å². The molecule has 3 fully saturated rings. The van der Waals surface area contributed by atoms with E-state index in [-0.39, 0.29) is 18.4 Å². The molecule has 0 saturated carbocycles. The minimum absolute atomic E-state index is 0.231. The molecule has 1 spiro atoms. The second-order valence-electron chi connectivity index (χ2n) is 10.6. The van der Waals surface area contributed by atoms with Crippen LogP contribution >= 0.6 is 0 Å². The van der Waals surface area contributed by atoms with Gasteiger partial charge in [-0.25, -0.2) is 0 Å². The summed E-state index contributed by atoms with van der Waals surface area (Å²) in [5.41, 5.74) is -0.794. The topological polar surface area (TPSA) is 117 Å². The number of anilines is 1. The van der Waals surface area contributed by atoms with Gasteiger partial charge in [-0.05, 0) is 56.0 Å². The maximum Gasteiger partial charge on any atom is 0.250 e. The Balaban J connectivity index is 1.57. The van der Waals surface area contributed by atoms with Crippen LogP contribution in [0, 0.1) is 11.8 Å². The van der Waals surface area contributed by atoms with E-state index < -0.39 is 41.0 Å². The SMILES string of the molecule is CCCNC(=O)[C@@H]1[C@H]2C(=O)N([C@H](CO)c3ccccc3)C(C(=O)Nc3ccc(OC)cc3)C23CC[C@@]1(C)O3. The molecule has 3 aliphatic heterocycles. The van der Waals surface area contributed by atoms with Crippen molar-refractivity contribution < 1.29 is 29.0 Å². The van der Waals surface area contributed by atoms with E-state index in [4.69, 9.17) is 9.47 Å². The molecule has 6 atom stereocenters. The Morgan fingerprint density at radius 1 is 1.13 bits per heavy atom. The van der Waals surface area contributed by atoms with Crippen LogP contribution in [0.5, 0.6) is 5.75 Å². The minimum Gasteiger partial charge on any atom is -0.497 e. The number of aliphatic hydroxyl groups excluding tert-OH is 1. The van der Waals surface area contributed by atoms with Crippen molar-refractivity contribution >= 4 is 23.4 Å². The van der Waals surface area contributed by atoms with Gasteiger partial charge in [0.1, 0.15) is 17.4 Å². The number of likely N-dealkylation sites (tertiary alicyclic amines) is 1. The van der Waals surface area contributed by atoms with E-state index in [9.17, 15) is 19.5 Å². The normalized spacial score (nSPS) is 30.2. The Hall–Kier alpha value is -3.43. The second kappa shape index (κ2) is 10.0. The largest absolute Gasteiger partial charge is 0.497 e. The standard InChI is InChI=1S/C29H35N3O6/c1-4-16-30-25(34)22-23-27(36)32(21(17-33)18-8-6-5-7-9-18)24(29(23)15-14-28(22,2)38-29)26(35)31-19-10-12-20(37-3)13-11-19/h5-13,21-24,33H,4,14-17H2,1-3H3,(H,30,34)(H,31,35)/t21-,22+,23+,24?,28-,29?/m1/s1. The lowest BCUT2D eigenvalue weighted by atomic mass is 9.66. The summed E-state index contributed by atoms with van der Waals surface area (Å²) >= 11 is 0. The number of amides is 3. The third kappa shape index (κ3) is 4.05. The zero-order valence-electron chi connectivity index (χ0n) is 22.0. The summed E-state index contributed by atoms with van der Waals surface area (Å²) in [4.78, 5) is 43.2. The van der Waals surface area contributed by atoms with Gasteiger partial charge in [0, 0.05) is 12.2 Å². The lowest BCUT2D eigenvalue weighted by Crippen LogP contribution is -2.54. The second-order valence-corrected chi connectivity index (χ2v) is 10.6. The number of ether oxygens (including phenoxy) is 2. The maximum absolute atomic E-state index is 14.3. The predicted octanol–water partition coefficient (Wildman–Crippen LogP) is 2.66. The molecule has 2 bridgehead atoms. The van der Waals surface area contributed by atoms with Crippen molar-refractivity contribution in [2.45, 2.75) is 56.4 Å². The van der Waals surface area contributed by atoms with E-state index in [0.717, 1.165) is 6.42 Å². The van der Waals surface area contributed by atoms with Crippen LogP contribution in [0.4, 0.5) is 5.69 Å². The summed E-state index contributed by atoms with van der Waals surface area (Å²) in [6, 6.07) is 14.3. The zero-order chi connectivity index (χ0) is 27.1. The predicted molar refractivity (Wildman–Crippen MR) is 140 cm³/mol. The first-order valence-electron chi connectivity index (χ1n) is 13.2. The van der Waals surface area contributed by atoms with Crippen LogP contribution in [-0.2, 0) is 19.1 Å². The van der Waals surface area contributed by atoms with Crippen LogP contribution in [-0.4, -0.2) is 65.2 Å². The van der Waals surface area contributed by atoms with Gasteiger partial charge in [-0.2, -0.15) is 0 Å². The van der Waals surface area contributed by atoms with Crippen molar-refractivity contribution in [3.63, 3.8) is 0 Å². The average molecular weight is 522 g/mol. The highest BCUT2D eigenvalue weighted by molar-refractivity contribution is 6.04. The Morgan fingerprint density at radius 2 is 1.84 bits per heavy atom. The van der Waals surface area contributed by atoms with Gasteiger partial charge in [0.2, 0.25) is 17.7 Å². The van der Waals surface area contributed by atoms with E-state index in [0.29, 0.717) is 36.4 Å². The molecule has 3 amide bonds. The first-order valence-corrected chi connectivity index (χ1v) is 13.2. The van der Waals surface area contributed by atoms with E-state index >= 15 is 0 Å². The number of carbonyl (C=O) groups excluding carboxylic acids is 3. The molecule has 2 aromatic carbocycles. The van der Waals surface area contributed by atoms with Crippen molar-refractivity contribution in [3.05, 3.63) is 60.2 Å². The number of hydrogen-bond donors (Lipinski definition) is 3. The van der Waals surface area contributed by atoms with Gasteiger partial charge in [0.25, 0.3) is 0 Å². The Morgan fingerprint density at radius 3 is 2.47 bits per heavy atom. The van der Waals surface area contributed by atoms with Gasteiger partial charge < -0.3 is 30.1 Å². The summed E-state index contributed by atoms with van der Waals surface area (Å²) in [6.45, 7) is 3.95. The number of fused-ring (bicyclic) bond motifs is 1. The third-order valence-corrected chi connectivity index (χ3v) is 8.35. The Bertz CT molecular complexity index is 1200. The fraction of sp³-hybridized carbons (Fsp3) is 0.483. The molecule has 2 unspecified atom stereocenters. The lowest BCUT2D eigenvalue weighted by molar-refractivity contribution is -0.148. The number of carbonyl (C=O) groups is 3. The number of rotatable bonds is 9. The Labute approximate surface area is 222 Å². The van der Waals surface area contributed by atoms with Crippen LogP contribution in [0.15, 0.2) is 54.6 Å². The highest BCUT2D eigenvalue weighted by Crippen LogP contribution is 2.64. The van der Waals surface area contributed by atoms with Gasteiger partial charge in [-0.15, -0.1) is 0 Å². The molecule has 5 rings (SSSR count). The molecule has 38 heavy (non-hydrogen) atoms. The summed E-state index contributed by atoms with van der Waals surface area (Å²) in [5, 5.41) is 16.4. The van der Waals surface area contributed by atoms with Crippen LogP contribution in [0.2, 0.25) is 0 Å². The monoisotopic (exact) mass is 521 g/mol. The molecule has 3 N–H and O–H groups in total. The summed E-state index contributed by atoms with van der Waals surface area (Å²) in [6.07, 6.45) is 1.78. The summed E-state index contributed by atoms with van der Waals surface area (Å²) in [5.74, 6) is -1.91. The number of aliphatic hydroxyl groups is 1. The average Bonchev–Trinajstić information content (AvgIpc) is 3.50. The molecule has 0 aromatic heterocycles. The molecule has 9 nitrogen and oxygen atoms in total. The van der Waals surface area contributed by atoms with Gasteiger partial charge >= 0.3 is 0 Å². The molecule has 2 aromatic rings. The van der Waals surface area contributed by atoms with E-state index in [1.807, 2.05) is 44.2 Å². The number of benzene rings is 2. The maximum atomic E-state index is 14.3. The molecular weight excluding hydrogens is 486 g/mol. The molecular formula is C29H35N3O6. The van der Waals surface area contributed by atoms with Crippen LogP contribution in [0.3, 0.4) is 0 Å². The Kier molecular flexibility index (Phi) is 6.92. The van der Waals surface area contributed by atoms with Crippen molar-refractivity contribution in [1.29, 1.82) is 0 Å². The quantitative estimate of drug-likeness (QED) is 0.467. The molecule has 3 heterocycles. The molecule has 9 heteroatoms. The molecule has 202 valence electrons. The number of nitrogens with zero attached hydrogens (tertiary/aromatic N) is 1. The fourth-order valence-electron chi connectivity index (χ4n) is 6.67. The number of nitrogens with one attached hydrogen (secondary N) is 2. The molecule has 0 radical (unpaired) electrons. The van der Waals surface area contributed by atoms with Gasteiger partial charge in [-0.3, -0.25) is 14.4 Å². The van der Waals surface area contributed by atoms with Gasteiger partial charge in [0.15, 0.2) is 0 Å².